The summed E-state index contributed by atoms with van der Waals surface area (Å²) in [6, 6.07) is 1.78. The lowest BCUT2D eigenvalue weighted by Gasteiger charge is -2.02. The number of ether oxygens (including phenoxy) is 1. The first kappa shape index (κ1) is 9.19. The van der Waals surface area contributed by atoms with Crippen molar-refractivity contribution in [3.8, 4) is 6.07 Å². The lowest BCUT2D eigenvalue weighted by Crippen LogP contribution is -2.14. The maximum atomic E-state index is 11.2. The van der Waals surface area contributed by atoms with E-state index in [0.717, 1.165) is 0 Å². The van der Waals surface area contributed by atoms with Gasteiger partial charge in [-0.1, -0.05) is 0 Å². The molecule has 0 aliphatic carbocycles. The summed E-state index contributed by atoms with van der Waals surface area (Å²) in [6.45, 7) is 3.10. The van der Waals surface area contributed by atoms with Crippen molar-refractivity contribution in [1.82, 2.24) is 15.4 Å². The highest BCUT2D eigenvalue weighted by Crippen LogP contribution is 2.02. The van der Waals surface area contributed by atoms with Crippen LogP contribution in [0.15, 0.2) is 0 Å². The highest BCUT2D eigenvalue weighted by atomic mass is 16.5. The average molecular weight is 180 g/mol. The lowest BCUT2D eigenvalue weighted by molar-refractivity contribution is 0.0427. The van der Waals surface area contributed by atoms with Crippen LogP contribution in [0.25, 0.3) is 0 Å². The van der Waals surface area contributed by atoms with E-state index in [0.29, 0.717) is 5.69 Å². The van der Waals surface area contributed by atoms with Crippen LogP contribution in [0.5, 0.6) is 0 Å². The number of hydrogen-bond donors (Lipinski definition) is 1. The monoisotopic (exact) mass is 180 g/mol. The molecule has 0 fully saturated rings. The molecular formula is C7H8N4O2. The number of carbonyl (C=O) groups is 1. The fraction of sp³-hybridized carbons (Fsp3) is 0.429. The second-order valence-electron chi connectivity index (χ2n) is 2.43. The summed E-state index contributed by atoms with van der Waals surface area (Å²) in [6.07, 6.45) is -0.774. The van der Waals surface area contributed by atoms with Crippen LogP contribution in [-0.2, 0) is 4.74 Å². The maximum Gasteiger partial charge on any atom is 0.362 e. The summed E-state index contributed by atoms with van der Waals surface area (Å²) in [4.78, 5) is 11.2. The molecule has 1 N–H and O–H groups in total. The number of aromatic amines is 1. The summed E-state index contributed by atoms with van der Waals surface area (Å²) in [5, 5.41) is 17.9. The first-order chi connectivity index (χ1) is 6.15. The zero-order valence-electron chi connectivity index (χ0n) is 7.24. The van der Waals surface area contributed by atoms with E-state index < -0.39 is 12.1 Å². The summed E-state index contributed by atoms with van der Waals surface area (Å²) in [5.74, 6) is -0.639. The number of rotatable bonds is 2. The third kappa shape index (κ3) is 2.02. The van der Waals surface area contributed by atoms with Crippen molar-refractivity contribution >= 4 is 5.97 Å². The van der Waals surface area contributed by atoms with E-state index in [-0.39, 0.29) is 5.69 Å². The zero-order valence-corrected chi connectivity index (χ0v) is 7.24. The summed E-state index contributed by atoms with van der Waals surface area (Å²) in [7, 11) is 0. The molecule has 13 heavy (non-hydrogen) atoms. The second-order valence-corrected chi connectivity index (χ2v) is 2.43. The van der Waals surface area contributed by atoms with Gasteiger partial charge in [-0.2, -0.15) is 15.6 Å². The van der Waals surface area contributed by atoms with Gasteiger partial charge in [0.15, 0.2) is 11.8 Å². The van der Waals surface area contributed by atoms with E-state index in [9.17, 15) is 4.79 Å². The fourth-order valence-corrected chi connectivity index (χ4v) is 0.720. The van der Waals surface area contributed by atoms with Crippen LogP contribution >= 0.6 is 0 Å². The van der Waals surface area contributed by atoms with Crippen LogP contribution in [0, 0.1) is 18.3 Å². The van der Waals surface area contributed by atoms with Crippen LogP contribution < -0.4 is 0 Å². The van der Waals surface area contributed by atoms with Gasteiger partial charge in [0.1, 0.15) is 6.07 Å². The van der Waals surface area contributed by atoms with E-state index in [2.05, 4.69) is 15.4 Å². The molecule has 1 rings (SSSR count). The number of nitrogens with one attached hydrogen (secondary N) is 1. The summed E-state index contributed by atoms with van der Waals surface area (Å²) < 4.78 is 4.70. The SMILES string of the molecule is Cc1n[nH]nc1C(=O)OC(C)C#N. The van der Waals surface area contributed by atoms with E-state index in [4.69, 9.17) is 10.00 Å². The Morgan fingerprint density at radius 1 is 1.69 bits per heavy atom. The van der Waals surface area contributed by atoms with Gasteiger partial charge >= 0.3 is 5.97 Å². The van der Waals surface area contributed by atoms with Gasteiger partial charge in [-0.3, -0.25) is 0 Å². The molecule has 1 heterocycles. The Hall–Kier alpha value is -1.90. The predicted octanol–water partition coefficient (Wildman–Crippen LogP) is 0.182. The molecule has 0 amide bonds. The molecule has 0 spiro atoms. The zero-order chi connectivity index (χ0) is 9.84. The van der Waals surface area contributed by atoms with Gasteiger partial charge in [-0.15, -0.1) is 5.10 Å². The standard InChI is InChI=1S/C7H8N4O2/c1-4(3-8)13-7(12)6-5(2)9-11-10-6/h4H,1-2H3,(H,9,10,11). The van der Waals surface area contributed by atoms with Crippen LogP contribution in [0.4, 0.5) is 0 Å². The number of nitriles is 1. The molecule has 0 radical (unpaired) electrons. The maximum absolute atomic E-state index is 11.2. The molecule has 6 nitrogen and oxygen atoms in total. The number of esters is 1. The molecule has 0 aliphatic rings. The van der Waals surface area contributed by atoms with E-state index in [1.165, 1.54) is 6.92 Å². The van der Waals surface area contributed by atoms with Crippen molar-refractivity contribution in [2.75, 3.05) is 0 Å². The Bertz CT molecular complexity index is 352. The first-order valence-corrected chi connectivity index (χ1v) is 3.63. The van der Waals surface area contributed by atoms with Gasteiger partial charge in [-0.25, -0.2) is 4.79 Å². The minimum absolute atomic E-state index is 0.113. The molecule has 6 heteroatoms. The topological polar surface area (TPSA) is 91.7 Å². The van der Waals surface area contributed by atoms with Crippen molar-refractivity contribution in [1.29, 1.82) is 5.26 Å². The molecular weight excluding hydrogens is 172 g/mol. The molecule has 0 saturated heterocycles. The Labute approximate surface area is 74.5 Å². The Morgan fingerprint density at radius 3 is 2.85 bits per heavy atom. The molecule has 1 aromatic rings. The largest absolute Gasteiger partial charge is 0.442 e. The molecule has 0 saturated carbocycles. The average Bonchev–Trinajstić information content (AvgIpc) is 2.51. The summed E-state index contributed by atoms with van der Waals surface area (Å²) in [5.41, 5.74) is 0.567. The van der Waals surface area contributed by atoms with Crippen molar-refractivity contribution in [2.24, 2.45) is 0 Å². The number of hydrogen-bond acceptors (Lipinski definition) is 5. The van der Waals surface area contributed by atoms with E-state index in [1.54, 1.807) is 13.0 Å². The first-order valence-electron chi connectivity index (χ1n) is 3.63. The molecule has 0 aliphatic heterocycles. The van der Waals surface area contributed by atoms with Crippen LogP contribution in [-0.4, -0.2) is 27.5 Å². The van der Waals surface area contributed by atoms with E-state index >= 15 is 0 Å². The normalized spacial score (nSPS) is 11.8. The van der Waals surface area contributed by atoms with Crippen molar-refractivity contribution in [3.05, 3.63) is 11.4 Å². The molecule has 68 valence electrons. The van der Waals surface area contributed by atoms with Gasteiger partial charge in [-0.05, 0) is 13.8 Å². The highest BCUT2D eigenvalue weighted by molar-refractivity contribution is 5.88. The number of carbonyl (C=O) groups excluding carboxylic acids is 1. The van der Waals surface area contributed by atoms with E-state index in [1.807, 2.05) is 0 Å². The third-order valence-electron chi connectivity index (χ3n) is 1.38. The molecule has 1 atom stereocenters. The quantitative estimate of drug-likeness (QED) is 0.655. The van der Waals surface area contributed by atoms with Gasteiger partial charge < -0.3 is 4.74 Å². The fourth-order valence-electron chi connectivity index (χ4n) is 0.720. The van der Waals surface area contributed by atoms with Crippen molar-refractivity contribution in [3.63, 3.8) is 0 Å². The summed E-state index contributed by atoms with van der Waals surface area (Å²) >= 11 is 0. The number of H-pyrrole nitrogens is 1. The van der Waals surface area contributed by atoms with Gasteiger partial charge in [0.2, 0.25) is 0 Å². The Kier molecular flexibility index (Phi) is 2.59. The molecule has 1 unspecified atom stereocenters. The van der Waals surface area contributed by atoms with Crippen LogP contribution in [0.3, 0.4) is 0 Å². The van der Waals surface area contributed by atoms with Crippen LogP contribution in [0.1, 0.15) is 23.1 Å². The molecule has 0 aromatic carbocycles. The highest BCUT2D eigenvalue weighted by Gasteiger charge is 2.16. The predicted molar refractivity (Wildman–Crippen MR) is 41.6 cm³/mol. The lowest BCUT2D eigenvalue weighted by atomic mass is 10.3. The number of aryl methyl sites for hydroxylation is 1. The van der Waals surface area contributed by atoms with Crippen molar-refractivity contribution in [2.45, 2.75) is 20.0 Å². The third-order valence-corrected chi connectivity index (χ3v) is 1.38. The second kappa shape index (κ2) is 3.67. The number of nitrogens with zero attached hydrogens (tertiary/aromatic N) is 3. The number of aromatic nitrogens is 3. The van der Waals surface area contributed by atoms with Crippen LogP contribution in [0.2, 0.25) is 0 Å². The minimum atomic E-state index is -0.774. The van der Waals surface area contributed by atoms with Crippen molar-refractivity contribution < 1.29 is 9.53 Å². The Balaban J connectivity index is 2.71. The molecule has 1 aromatic heterocycles. The van der Waals surface area contributed by atoms with Gasteiger partial charge in [0.25, 0.3) is 0 Å². The smallest absolute Gasteiger partial charge is 0.362 e. The Morgan fingerprint density at radius 2 is 2.38 bits per heavy atom. The van der Waals surface area contributed by atoms with Gasteiger partial charge in [0.05, 0.1) is 5.69 Å². The van der Waals surface area contributed by atoms with Gasteiger partial charge in [0, 0.05) is 0 Å². The molecule has 0 bridgehead atoms. The minimum Gasteiger partial charge on any atom is -0.442 e.